The monoisotopic (exact) mass is 212 g/mol. The van der Waals surface area contributed by atoms with Crippen LogP contribution in [0.2, 0.25) is 19.6 Å². The predicted octanol–water partition coefficient (Wildman–Crippen LogP) is 2.41. The van der Waals surface area contributed by atoms with E-state index in [1.54, 1.807) is 0 Å². The van der Waals surface area contributed by atoms with Gasteiger partial charge in [0.15, 0.2) is 5.79 Å². The van der Waals surface area contributed by atoms with Gasteiger partial charge in [-0.05, 0) is 6.92 Å². The second kappa shape index (κ2) is 4.48. The first kappa shape index (κ1) is 11.8. The van der Waals surface area contributed by atoms with Crippen LogP contribution in [-0.4, -0.2) is 27.1 Å². The van der Waals surface area contributed by atoms with E-state index in [2.05, 4.69) is 31.1 Å². The Morgan fingerprint density at radius 2 is 1.79 bits per heavy atom. The minimum atomic E-state index is -1.20. The van der Waals surface area contributed by atoms with E-state index in [0.29, 0.717) is 0 Å². The van der Waals surface area contributed by atoms with Crippen LogP contribution >= 0.6 is 0 Å². The molecule has 1 aliphatic heterocycles. The fourth-order valence-corrected chi connectivity index (χ4v) is 1.97. The van der Waals surface area contributed by atoms with E-state index in [0.717, 1.165) is 26.1 Å². The summed E-state index contributed by atoms with van der Waals surface area (Å²) in [4.78, 5) is 0. The highest BCUT2D eigenvalue weighted by Gasteiger charge is 2.29. The molecule has 1 saturated heterocycles. The van der Waals surface area contributed by atoms with Crippen molar-refractivity contribution in [3.8, 4) is 11.5 Å². The molecule has 0 aromatic heterocycles. The van der Waals surface area contributed by atoms with Gasteiger partial charge in [-0.25, -0.2) is 0 Å². The second-order valence-electron chi connectivity index (χ2n) is 4.88. The summed E-state index contributed by atoms with van der Waals surface area (Å²) >= 11 is 0. The molecule has 0 aromatic rings. The summed E-state index contributed by atoms with van der Waals surface area (Å²) in [5.74, 6) is 2.86. The van der Waals surface area contributed by atoms with E-state index in [4.69, 9.17) is 9.47 Å². The lowest BCUT2D eigenvalue weighted by Gasteiger charge is -2.20. The molecule has 1 aliphatic rings. The van der Waals surface area contributed by atoms with Crippen LogP contribution in [0, 0.1) is 11.5 Å². The van der Waals surface area contributed by atoms with Crippen LogP contribution in [0.4, 0.5) is 0 Å². The van der Waals surface area contributed by atoms with Crippen molar-refractivity contribution in [3.63, 3.8) is 0 Å². The SMILES string of the molecule is CC1(CCC#C[Si](C)(C)C)OCCO1. The third kappa shape index (κ3) is 4.27. The molecule has 1 fully saturated rings. The minimum Gasteiger partial charge on any atom is -0.348 e. The minimum absolute atomic E-state index is 0.367. The van der Waals surface area contributed by atoms with E-state index >= 15 is 0 Å². The first-order valence-electron chi connectivity index (χ1n) is 5.19. The van der Waals surface area contributed by atoms with Gasteiger partial charge in [0.05, 0.1) is 13.2 Å². The van der Waals surface area contributed by atoms with Crippen LogP contribution in [0.3, 0.4) is 0 Å². The Bertz CT molecular complexity index is 238. The third-order valence-electron chi connectivity index (χ3n) is 2.07. The molecule has 0 spiro atoms. The molecular weight excluding hydrogens is 192 g/mol. The summed E-state index contributed by atoms with van der Waals surface area (Å²) in [6.07, 6.45) is 1.76. The molecule has 14 heavy (non-hydrogen) atoms. The lowest BCUT2D eigenvalue weighted by atomic mass is 10.2. The second-order valence-corrected chi connectivity index (χ2v) is 9.63. The molecule has 0 atom stereocenters. The summed E-state index contributed by atoms with van der Waals surface area (Å²) < 4.78 is 11.0. The molecular formula is C11H20O2Si. The van der Waals surface area contributed by atoms with Crippen molar-refractivity contribution >= 4 is 8.07 Å². The van der Waals surface area contributed by atoms with Gasteiger partial charge in [0.1, 0.15) is 8.07 Å². The molecule has 0 bridgehead atoms. The molecule has 0 amide bonds. The Morgan fingerprint density at radius 3 is 2.29 bits per heavy atom. The van der Waals surface area contributed by atoms with E-state index in [1.165, 1.54) is 0 Å². The molecule has 0 aliphatic carbocycles. The zero-order valence-corrected chi connectivity index (χ0v) is 10.6. The van der Waals surface area contributed by atoms with E-state index in [9.17, 15) is 0 Å². The highest BCUT2D eigenvalue weighted by atomic mass is 28.3. The number of hydrogen-bond donors (Lipinski definition) is 0. The van der Waals surface area contributed by atoms with Gasteiger partial charge < -0.3 is 9.47 Å². The lowest BCUT2D eigenvalue weighted by molar-refractivity contribution is -0.145. The smallest absolute Gasteiger partial charge is 0.166 e. The third-order valence-corrected chi connectivity index (χ3v) is 2.99. The van der Waals surface area contributed by atoms with Crippen LogP contribution in [0.5, 0.6) is 0 Å². The normalized spacial score (nSPS) is 20.3. The molecule has 2 nitrogen and oxygen atoms in total. The van der Waals surface area contributed by atoms with Gasteiger partial charge in [-0.3, -0.25) is 0 Å². The van der Waals surface area contributed by atoms with Crippen molar-refractivity contribution in [1.29, 1.82) is 0 Å². The molecule has 3 heteroatoms. The lowest BCUT2D eigenvalue weighted by Crippen LogP contribution is -2.25. The van der Waals surface area contributed by atoms with Gasteiger partial charge in [-0.1, -0.05) is 19.6 Å². The summed E-state index contributed by atoms with van der Waals surface area (Å²) in [6.45, 7) is 10.2. The molecule has 0 saturated carbocycles. The molecule has 1 heterocycles. The Balaban J connectivity index is 2.29. The fraction of sp³-hybridized carbons (Fsp3) is 0.818. The summed E-state index contributed by atoms with van der Waals surface area (Å²) in [5, 5.41) is 0. The molecule has 0 unspecified atom stereocenters. The standard InChI is InChI=1S/C11H20O2Si/c1-11(12-8-9-13-11)7-5-6-10-14(2,3)4/h5,7-9H2,1-4H3. The zero-order valence-electron chi connectivity index (χ0n) is 9.64. The largest absolute Gasteiger partial charge is 0.348 e. The summed E-state index contributed by atoms with van der Waals surface area (Å²) in [7, 11) is -1.20. The average molecular weight is 212 g/mol. The zero-order chi connectivity index (χ0) is 10.7. The van der Waals surface area contributed by atoms with Gasteiger partial charge in [-0.2, -0.15) is 0 Å². The van der Waals surface area contributed by atoms with E-state index < -0.39 is 8.07 Å². The highest BCUT2D eigenvalue weighted by molar-refractivity contribution is 6.83. The fourth-order valence-electron chi connectivity index (χ4n) is 1.32. The van der Waals surface area contributed by atoms with Crippen molar-refractivity contribution in [2.24, 2.45) is 0 Å². The van der Waals surface area contributed by atoms with Crippen molar-refractivity contribution in [3.05, 3.63) is 0 Å². The average Bonchev–Trinajstić information content (AvgIpc) is 2.45. The van der Waals surface area contributed by atoms with Crippen molar-refractivity contribution in [2.75, 3.05) is 13.2 Å². The summed E-state index contributed by atoms with van der Waals surface area (Å²) in [6, 6.07) is 0. The molecule has 80 valence electrons. The first-order valence-corrected chi connectivity index (χ1v) is 8.69. The quantitative estimate of drug-likeness (QED) is 0.517. The van der Waals surface area contributed by atoms with Crippen molar-refractivity contribution in [1.82, 2.24) is 0 Å². The number of ether oxygens (including phenoxy) is 2. The maximum atomic E-state index is 5.49. The topological polar surface area (TPSA) is 18.5 Å². The van der Waals surface area contributed by atoms with E-state index in [-0.39, 0.29) is 5.79 Å². The van der Waals surface area contributed by atoms with E-state index in [1.807, 2.05) is 6.92 Å². The van der Waals surface area contributed by atoms with Crippen molar-refractivity contribution in [2.45, 2.75) is 45.2 Å². The Kier molecular flexibility index (Phi) is 3.76. The molecule has 1 rings (SSSR count). The Morgan fingerprint density at radius 1 is 1.21 bits per heavy atom. The van der Waals surface area contributed by atoms with Crippen LogP contribution in [0.1, 0.15) is 19.8 Å². The van der Waals surface area contributed by atoms with Crippen LogP contribution in [0.25, 0.3) is 0 Å². The Hall–Kier alpha value is -0.303. The van der Waals surface area contributed by atoms with Gasteiger partial charge >= 0.3 is 0 Å². The first-order chi connectivity index (χ1) is 6.41. The van der Waals surface area contributed by atoms with Crippen molar-refractivity contribution < 1.29 is 9.47 Å². The van der Waals surface area contributed by atoms with Crippen LogP contribution < -0.4 is 0 Å². The maximum Gasteiger partial charge on any atom is 0.166 e. The van der Waals surface area contributed by atoms with Gasteiger partial charge in [0.2, 0.25) is 0 Å². The van der Waals surface area contributed by atoms with Gasteiger partial charge in [-0.15, -0.1) is 11.5 Å². The molecule has 0 radical (unpaired) electrons. The highest BCUT2D eigenvalue weighted by Crippen LogP contribution is 2.23. The maximum absolute atomic E-state index is 5.49. The number of rotatable bonds is 2. The van der Waals surface area contributed by atoms with Gasteiger partial charge in [0, 0.05) is 12.8 Å². The van der Waals surface area contributed by atoms with Crippen LogP contribution in [-0.2, 0) is 9.47 Å². The van der Waals surface area contributed by atoms with Gasteiger partial charge in [0.25, 0.3) is 0 Å². The molecule has 0 aromatic carbocycles. The molecule has 0 N–H and O–H groups in total. The predicted molar refractivity (Wildman–Crippen MR) is 60.7 cm³/mol. The van der Waals surface area contributed by atoms with Crippen LogP contribution in [0.15, 0.2) is 0 Å². The number of hydrogen-bond acceptors (Lipinski definition) is 2. The summed E-state index contributed by atoms with van der Waals surface area (Å²) in [5.41, 5.74) is 3.34. The Labute approximate surface area is 88.0 Å².